The fourth-order valence-corrected chi connectivity index (χ4v) is 3.03. The van der Waals surface area contributed by atoms with E-state index < -0.39 is 0 Å². The number of hydrogen-bond donors (Lipinski definition) is 2. The van der Waals surface area contributed by atoms with Crippen LogP contribution in [0.2, 0.25) is 0 Å². The lowest BCUT2D eigenvalue weighted by Gasteiger charge is -2.34. The van der Waals surface area contributed by atoms with Crippen molar-refractivity contribution in [3.8, 4) is 5.75 Å². The average molecular weight is 362 g/mol. The number of urea groups is 1. The first-order valence-corrected chi connectivity index (χ1v) is 8.96. The van der Waals surface area contributed by atoms with Crippen molar-refractivity contribution in [2.24, 2.45) is 5.92 Å². The van der Waals surface area contributed by atoms with Crippen LogP contribution in [0.4, 0.5) is 10.5 Å². The molecule has 0 aromatic heterocycles. The Morgan fingerprint density at radius 3 is 2.69 bits per heavy atom. The number of hydrogen-bond acceptors (Lipinski definition) is 4. The molecular weight excluding hydrogens is 332 g/mol. The molecule has 0 saturated carbocycles. The zero-order valence-electron chi connectivity index (χ0n) is 16.5. The fraction of sp³-hybridized carbons (Fsp3) is 0.579. The van der Waals surface area contributed by atoms with Crippen molar-refractivity contribution in [2.45, 2.75) is 32.9 Å². The van der Waals surface area contributed by atoms with Crippen LogP contribution < -0.4 is 15.4 Å². The number of rotatable bonds is 4. The molecule has 2 N–H and O–H groups in total. The van der Waals surface area contributed by atoms with Gasteiger partial charge in [0.15, 0.2) is 5.75 Å². The summed E-state index contributed by atoms with van der Waals surface area (Å²) in [6.07, 6.45) is -0.101. The van der Waals surface area contributed by atoms with Crippen molar-refractivity contribution in [1.29, 1.82) is 0 Å². The van der Waals surface area contributed by atoms with Gasteiger partial charge in [-0.2, -0.15) is 0 Å². The number of ether oxygens (including phenoxy) is 1. The summed E-state index contributed by atoms with van der Waals surface area (Å²) >= 11 is 0. The SMILES string of the molecule is CC(C)NC(=O)Nc1cccc2c1O[C@H](CN(C)C)[C@H](C)CN(C)C2=O. The molecule has 0 spiro atoms. The van der Waals surface area contributed by atoms with E-state index in [1.54, 1.807) is 30.1 Å². The third-order valence-corrected chi connectivity index (χ3v) is 4.27. The molecule has 1 aliphatic heterocycles. The summed E-state index contributed by atoms with van der Waals surface area (Å²) in [6.45, 7) is 7.18. The number of nitrogens with one attached hydrogen (secondary N) is 2. The second-order valence-corrected chi connectivity index (χ2v) is 7.52. The first-order chi connectivity index (χ1) is 12.2. The number of likely N-dealkylation sites (N-methyl/N-ethyl adjacent to an activating group) is 1. The van der Waals surface area contributed by atoms with Gasteiger partial charge in [0.2, 0.25) is 0 Å². The van der Waals surface area contributed by atoms with Crippen LogP contribution in [0.5, 0.6) is 5.75 Å². The monoisotopic (exact) mass is 362 g/mol. The van der Waals surface area contributed by atoms with Crippen LogP contribution in [-0.4, -0.2) is 68.1 Å². The molecule has 1 heterocycles. The largest absolute Gasteiger partial charge is 0.486 e. The third-order valence-electron chi connectivity index (χ3n) is 4.27. The number of carbonyl (C=O) groups excluding carboxylic acids is 2. The van der Waals surface area contributed by atoms with E-state index in [2.05, 4.69) is 22.5 Å². The molecule has 1 aromatic rings. The lowest BCUT2D eigenvalue weighted by Crippen LogP contribution is -2.44. The van der Waals surface area contributed by atoms with Crippen molar-refractivity contribution in [1.82, 2.24) is 15.1 Å². The van der Waals surface area contributed by atoms with Gasteiger partial charge in [0.25, 0.3) is 5.91 Å². The number of para-hydroxylation sites is 1. The molecule has 2 atom stereocenters. The van der Waals surface area contributed by atoms with E-state index in [1.807, 2.05) is 27.9 Å². The minimum Gasteiger partial charge on any atom is -0.486 e. The molecule has 26 heavy (non-hydrogen) atoms. The lowest BCUT2D eigenvalue weighted by molar-refractivity contribution is 0.0578. The highest BCUT2D eigenvalue weighted by molar-refractivity contribution is 6.01. The summed E-state index contributed by atoms with van der Waals surface area (Å²) in [5.41, 5.74) is 0.964. The second-order valence-electron chi connectivity index (χ2n) is 7.52. The van der Waals surface area contributed by atoms with Crippen molar-refractivity contribution in [2.75, 3.05) is 39.5 Å². The molecule has 0 saturated heterocycles. The Hall–Kier alpha value is -2.28. The Balaban J connectivity index is 2.41. The molecule has 0 radical (unpaired) electrons. The van der Waals surface area contributed by atoms with Crippen LogP contribution in [-0.2, 0) is 0 Å². The highest BCUT2D eigenvalue weighted by Gasteiger charge is 2.31. The summed E-state index contributed by atoms with van der Waals surface area (Å²) in [6, 6.07) is 4.94. The van der Waals surface area contributed by atoms with Crippen molar-refractivity contribution < 1.29 is 14.3 Å². The smallest absolute Gasteiger partial charge is 0.319 e. The maximum Gasteiger partial charge on any atom is 0.319 e. The topological polar surface area (TPSA) is 73.9 Å². The van der Waals surface area contributed by atoms with Gasteiger partial charge in [-0.25, -0.2) is 4.79 Å². The highest BCUT2D eigenvalue weighted by Crippen LogP contribution is 2.34. The van der Waals surface area contributed by atoms with Gasteiger partial charge in [0, 0.05) is 32.1 Å². The molecule has 7 heteroatoms. The molecule has 0 bridgehead atoms. The van der Waals surface area contributed by atoms with Crippen LogP contribution in [0.15, 0.2) is 18.2 Å². The molecule has 144 valence electrons. The molecule has 0 aliphatic carbocycles. The van der Waals surface area contributed by atoms with Gasteiger partial charge < -0.3 is 25.2 Å². The van der Waals surface area contributed by atoms with E-state index in [1.165, 1.54) is 0 Å². The quantitative estimate of drug-likeness (QED) is 0.862. The van der Waals surface area contributed by atoms with Gasteiger partial charge in [0.05, 0.1) is 11.3 Å². The van der Waals surface area contributed by atoms with Gasteiger partial charge in [-0.1, -0.05) is 13.0 Å². The number of anilines is 1. The molecule has 7 nitrogen and oxygen atoms in total. The third kappa shape index (κ3) is 4.88. The zero-order chi connectivity index (χ0) is 19.4. The van der Waals surface area contributed by atoms with E-state index in [0.29, 0.717) is 23.5 Å². The number of fused-ring (bicyclic) bond motifs is 1. The molecular formula is C19H30N4O3. The Bertz CT molecular complexity index is 660. The number of amides is 3. The summed E-state index contributed by atoms with van der Waals surface area (Å²) in [5, 5.41) is 5.60. The predicted molar refractivity (Wildman–Crippen MR) is 103 cm³/mol. The van der Waals surface area contributed by atoms with Gasteiger partial charge in [-0.3, -0.25) is 4.79 Å². The summed E-state index contributed by atoms with van der Waals surface area (Å²) in [7, 11) is 5.78. The van der Waals surface area contributed by atoms with E-state index >= 15 is 0 Å². The molecule has 0 unspecified atom stereocenters. The highest BCUT2D eigenvalue weighted by atomic mass is 16.5. The lowest BCUT2D eigenvalue weighted by atomic mass is 10.0. The van der Waals surface area contributed by atoms with Crippen molar-refractivity contribution in [3.63, 3.8) is 0 Å². The fourth-order valence-electron chi connectivity index (χ4n) is 3.03. The van der Waals surface area contributed by atoms with Gasteiger partial charge in [-0.15, -0.1) is 0 Å². The first-order valence-electron chi connectivity index (χ1n) is 8.96. The Labute approximate surface area is 155 Å². The van der Waals surface area contributed by atoms with E-state index in [0.717, 1.165) is 6.54 Å². The molecule has 0 fully saturated rings. The average Bonchev–Trinajstić information content (AvgIpc) is 2.52. The molecule has 1 aliphatic rings. The first kappa shape index (κ1) is 20.0. The maximum atomic E-state index is 12.8. The normalized spacial score (nSPS) is 20.3. The number of benzene rings is 1. The Kier molecular flexibility index (Phi) is 6.47. The van der Waals surface area contributed by atoms with Crippen molar-refractivity contribution >= 4 is 17.6 Å². The minimum atomic E-state index is -0.322. The van der Waals surface area contributed by atoms with Crippen molar-refractivity contribution in [3.05, 3.63) is 23.8 Å². The number of carbonyl (C=O) groups is 2. The van der Waals surface area contributed by atoms with Crippen LogP contribution in [0.3, 0.4) is 0 Å². The summed E-state index contributed by atoms with van der Waals surface area (Å²) < 4.78 is 6.28. The molecule has 3 amide bonds. The van der Waals surface area contributed by atoms with Gasteiger partial charge in [-0.05, 0) is 40.1 Å². The Morgan fingerprint density at radius 2 is 2.08 bits per heavy atom. The summed E-state index contributed by atoms with van der Waals surface area (Å²) in [4.78, 5) is 28.7. The van der Waals surface area contributed by atoms with E-state index in [-0.39, 0.29) is 30.0 Å². The van der Waals surface area contributed by atoms with E-state index in [4.69, 9.17) is 4.74 Å². The van der Waals surface area contributed by atoms with Crippen LogP contribution in [0.25, 0.3) is 0 Å². The van der Waals surface area contributed by atoms with Crippen LogP contribution in [0, 0.1) is 5.92 Å². The predicted octanol–water partition coefficient (Wildman–Crippen LogP) is 2.25. The Morgan fingerprint density at radius 1 is 1.38 bits per heavy atom. The van der Waals surface area contributed by atoms with Crippen LogP contribution in [0.1, 0.15) is 31.1 Å². The van der Waals surface area contributed by atoms with Gasteiger partial charge in [0.1, 0.15) is 6.10 Å². The summed E-state index contributed by atoms with van der Waals surface area (Å²) in [5.74, 6) is 0.474. The number of nitrogens with zero attached hydrogens (tertiary/aromatic N) is 2. The molecule has 2 rings (SSSR count). The zero-order valence-corrected chi connectivity index (χ0v) is 16.5. The van der Waals surface area contributed by atoms with E-state index in [9.17, 15) is 9.59 Å². The van der Waals surface area contributed by atoms with Crippen LogP contribution >= 0.6 is 0 Å². The molecule has 1 aromatic carbocycles. The minimum absolute atomic E-state index is 0.00992. The standard InChI is InChI=1S/C19H30N4O3/c1-12(2)20-19(25)21-15-9-7-8-14-17(15)26-16(11-22(4)5)13(3)10-23(6)18(14)24/h7-9,12-13,16H,10-11H2,1-6H3,(H2,20,21,25)/t13-,16-/m1/s1. The van der Waals surface area contributed by atoms with Gasteiger partial charge >= 0.3 is 6.03 Å². The second kappa shape index (κ2) is 8.40. The maximum absolute atomic E-state index is 12.8.